The predicted molar refractivity (Wildman–Crippen MR) is 165 cm³/mol. The molecule has 2 fully saturated rings. The fourth-order valence-corrected chi connectivity index (χ4v) is 5.55. The number of nitrogens with one attached hydrogen (secondary N) is 2. The van der Waals surface area contributed by atoms with E-state index >= 15 is 4.39 Å². The van der Waals surface area contributed by atoms with Crippen molar-refractivity contribution < 1.29 is 13.9 Å². The lowest BCUT2D eigenvalue weighted by Gasteiger charge is -2.44. The average molecular weight is 597 g/mol. The van der Waals surface area contributed by atoms with Gasteiger partial charge in [0.05, 0.1) is 18.9 Å². The first-order chi connectivity index (χ1) is 20.2. The highest BCUT2D eigenvalue weighted by atomic mass is 35.5. The van der Waals surface area contributed by atoms with Crippen molar-refractivity contribution in [2.75, 3.05) is 75.5 Å². The minimum Gasteiger partial charge on any atom is -0.393 e. The number of hydrogen-bond donors (Lipinski definition) is 3. The number of rotatable bonds is 8. The third-order valence-electron chi connectivity index (χ3n) is 8.17. The van der Waals surface area contributed by atoms with Crippen molar-refractivity contribution >= 4 is 40.4 Å². The molecule has 1 amide bonds. The van der Waals surface area contributed by atoms with Crippen LogP contribution >= 0.6 is 11.6 Å². The molecule has 0 unspecified atom stereocenters. The van der Waals surface area contributed by atoms with E-state index in [1.165, 1.54) is 6.33 Å². The number of nitrogens with zero attached hydrogens (tertiary/aromatic N) is 5. The molecule has 10 nitrogen and oxygen atoms in total. The van der Waals surface area contributed by atoms with Crippen LogP contribution in [-0.4, -0.2) is 97.3 Å². The summed E-state index contributed by atoms with van der Waals surface area (Å²) in [5.41, 5.74) is 8.76. The maximum absolute atomic E-state index is 16.5. The van der Waals surface area contributed by atoms with Gasteiger partial charge in [0.25, 0.3) is 5.91 Å². The van der Waals surface area contributed by atoms with E-state index in [1.807, 2.05) is 6.07 Å². The molecule has 2 saturated heterocycles. The van der Waals surface area contributed by atoms with Gasteiger partial charge in [-0.2, -0.15) is 0 Å². The van der Waals surface area contributed by atoms with Crippen LogP contribution in [0.3, 0.4) is 0 Å². The van der Waals surface area contributed by atoms with Gasteiger partial charge in [-0.3, -0.25) is 14.6 Å². The molecule has 3 aromatic rings. The highest BCUT2D eigenvalue weighted by Gasteiger charge is 2.29. The van der Waals surface area contributed by atoms with Crippen LogP contribution < -0.4 is 21.3 Å². The van der Waals surface area contributed by atoms with Crippen LogP contribution in [0.1, 0.15) is 24.2 Å². The second kappa shape index (κ2) is 13.2. The van der Waals surface area contributed by atoms with Crippen LogP contribution in [0.15, 0.2) is 42.7 Å². The van der Waals surface area contributed by atoms with Gasteiger partial charge in [0.1, 0.15) is 17.7 Å². The summed E-state index contributed by atoms with van der Waals surface area (Å²) in [5.74, 6) is -0.391. The maximum Gasteiger partial charge on any atom is 0.251 e. The summed E-state index contributed by atoms with van der Waals surface area (Å²) >= 11 is 6.14. The van der Waals surface area contributed by atoms with Crippen LogP contribution in [0.5, 0.6) is 0 Å². The normalized spacial score (nSPS) is 20.0. The molecule has 3 heterocycles. The van der Waals surface area contributed by atoms with E-state index in [2.05, 4.69) is 56.2 Å². The number of amides is 1. The number of morpholine rings is 1. The second-order valence-electron chi connectivity index (χ2n) is 10.9. The molecular weight excluding hydrogens is 559 g/mol. The zero-order valence-corrected chi connectivity index (χ0v) is 25.0. The number of nitrogen functional groups attached to an aromatic ring is 1. The summed E-state index contributed by atoms with van der Waals surface area (Å²) in [6, 6.07) is 11.2. The summed E-state index contributed by atoms with van der Waals surface area (Å²) in [5, 5.41) is 6.17. The third-order valence-corrected chi connectivity index (χ3v) is 8.48. The number of nitrogens with two attached hydrogens (primary N) is 1. The van der Waals surface area contributed by atoms with Crippen molar-refractivity contribution in [2.24, 2.45) is 0 Å². The predicted octanol–water partition coefficient (Wildman–Crippen LogP) is 3.85. The Hall–Kier alpha value is -3.51. The molecule has 2 aromatic carbocycles. The Morgan fingerprint density at radius 1 is 1.10 bits per heavy atom. The van der Waals surface area contributed by atoms with Gasteiger partial charge < -0.3 is 26.0 Å². The molecule has 2 aliphatic rings. The maximum atomic E-state index is 16.5. The van der Waals surface area contributed by atoms with Crippen LogP contribution in [0.25, 0.3) is 11.1 Å². The zero-order valence-electron chi connectivity index (χ0n) is 24.2. The number of halogens is 2. The van der Waals surface area contributed by atoms with Gasteiger partial charge in [0.2, 0.25) is 0 Å². The van der Waals surface area contributed by atoms with Crippen LogP contribution in [0.2, 0.25) is 5.15 Å². The first-order valence-electron chi connectivity index (χ1n) is 14.2. The minimum atomic E-state index is -0.455. The molecule has 1 aromatic heterocycles. The molecule has 5 rings (SSSR count). The van der Waals surface area contributed by atoms with Gasteiger partial charge >= 0.3 is 0 Å². The smallest absolute Gasteiger partial charge is 0.251 e. The van der Waals surface area contributed by atoms with Crippen LogP contribution in [0.4, 0.5) is 27.3 Å². The molecule has 0 bridgehead atoms. The Morgan fingerprint density at radius 3 is 2.48 bits per heavy atom. The molecule has 2 atom stereocenters. The Morgan fingerprint density at radius 2 is 1.79 bits per heavy atom. The van der Waals surface area contributed by atoms with E-state index in [1.54, 1.807) is 30.3 Å². The average Bonchev–Trinajstić information content (AvgIpc) is 2.99. The van der Waals surface area contributed by atoms with Gasteiger partial charge in [0.15, 0.2) is 16.8 Å². The topological polar surface area (TPSA) is 112 Å². The summed E-state index contributed by atoms with van der Waals surface area (Å²) in [6.45, 7) is 10.3. The molecule has 4 N–H and O–H groups in total. The van der Waals surface area contributed by atoms with Crippen molar-refractivity contribution in [2.45, 2.75) is 25.9 Å². The number of carbonyl (C=O) groups excluding carboxylic acids is 1. The molecule has 224 valence electrons. The molecular formula is C30H38ClFN8O2. The number of aromatic nitrogens is 2. The van der Waals surface area contributed by atoms with Crippen molar-refractivity contribution in [3.8, 4) is 11.1 Å². The standard InChI is InChI=1S/C30H38ClFN8O2/c1-19-16-40(17-20(2)38(19)3)24-9-8-23(25(32)27(24)37-29-26(33)28(31)35-18-36-29)21-4-6-22(7-5-21)30(41)34-10-11-39-12-14-42-15-13-39/h4-9,18-20H,10-17,33H2,1-3H3,(H,34,41)(H,35,36,37)/t19-,20+. The Balaban J connectivity index is 1.39. The molecule has 0 aliphatic carbocycles. The van der Waals surface area contributed by atoms with Crippen molar-refractivity contribution in [3.63, 3.8) is 0 Å². The summed E-state index contributed by atoms with van der Waals surface area (Å²) in [4.78, 5) is 27.6. The number of likely N-dealkylation sites (N-methyl/N-ethyl adjacent to an activating group) is 1. The second-order valence-corrected chi connectivity index (χ2v) is 11.3. The van der Waals surface area contributed by atoms with Gasteiger partial charge in [0, 0.05) is 62.5 Å². The largest absolute Gasteiger partial charge is 0.393 e. The first-order valence-corrected chi connectivity index (χ1v) is 14.6. The highest BCUT2D eigenvalue weighted by molar-refractivity contribution is 6.32. The van der Waals surface area contributed by atoms with E-state index in [9.17, 15) is 4.79 Å². The summed E-state index contributed by atoms with van der Waals surface area (Å²) in [7, 11) is 2.10. The van der Waals surface area contributed by atoms with E-state index in [0.717, 1.165) is 45.9 Å². The SMILES string of the molecule is C[C@@H]1CN(c2ccc(-c3ccc(C(=O)NCCN4CCOCC4)cc3)c(F)c2Nc2ncnc(Cl)c2N)C[C@H](C)N1C. The number of piperazine rings is 1. The monoisotopic (exact) mass is 596 g/mol. The Labute approximate surface area is 251 Å². The van der Waals surface area contributed by atoms with Gasteiger partial charge in [-0.15, -0.1) is 0 Å². The van der Waals surface area contributed by atoms with Crippen molar-refractivity contribution in [1.29, 1.82) is 0 Å². The van der Waals surface area contributed by atoms with Crippen LogP contribution in [-0.2, 0) is 4.74 Å². The minimum absolute atomic E-state index is 0.0891. The van der Waals surface area contributed by atoms with E-state index in [0.29, 0.717) is 28.9 Å². The first kappa shape index (κ1) is 30.0. The molecule has 0 radical (unpaired) electrons. The molecule has 0 saturated carbocycles. The number of hydrogen-bond acceptors (Lipinski definition) is 9. The molecule has 0 spiro atoms. The molecule has 12 heteroatoms. The van der Waals surface area contributed by atoms with Crippen LogP contribution in [0, 0.1) is 5.82 Å². The number of carbonyl (C=O) groups is 1. The Bertz CT molecular complexity index is 1390. The van der Waals surface area contributed by atoms with Gasteiger partial charge in [-0.1, -0.05) is 23.7 Å². The lowest BCUT2D eigenvalue weighted by Crippen LogP contribution is -2.55. The van der Waals surface area contributed by atoms with E-state index < -0.39 is 5.82 Å². The summed E-state index contributed by atoms with van der Waals surface area (Å²) < 4.78 is 21.8. The lowest BCUT2D eigenvalue weighted by atomic mass is 10.00. The van der Waals surface area contributed by atoms with Gasteiger partial charge in [-0.05, 0) is 50.7 Å². The quantitative estimate of drug-likeness (QED) is 0.334. The number of benzene rings is 2. The number of ether oxygens (including phenoxy) is 1. The van der Waals surface area contributed by atoms with E-state index in [4.69, 9.17) is 22.1 Å². The molecule has 42 heavy (non-hydrogen) atoms. The lowest BCUT2D eigenvalue weighted by molar-refractivity contribution is 0.0383. The van der Waals surface area contributed by atoms with Gasteiger partial charge in [-0.25, -0.2) is 14.4 Å². The summed E-state index contributed by atoms with van der Waals surface area (Å²) in [6.07, 6.45) is 1.28. The number of anilines is 4. The highest BCUT2D eigenvalue weighted by Crippen LogP contribution is 2.39. The third kappa shape index (κ3) is 6.59. The fraction of sp³-hybridized carbons (Fsp3) is 0.433. The van der Waals surface area contributed by atoms with E-state index in [-0.39, 0.29) is 40.3 Å². The fourth-order valence-electron chi connectivity index (χ4n) is 5.42. The zero-order chi connectivity index (χ0) is 29.8. The molecule has 2 aliphatic heterocycles. The Kier molecular flexibility index (Phi) is 9.42. The van der Waals surface area contributed by atoms with Crippen molar-refractivity contribution in [3.05, 3.63) is 59.3 Å². The van der Waals surface area contributed by atoms with Crippen molar-refractivity contribution in [1.82, 2.24) is 25.1 Å².